The number of methoxy groups -OCH3 is 2. The van der Waals surface area contributed by atoms with E-state index in [2.05, 4.69) is 0 Å². The Morgan fingerprint density at radius 3 is 2.15 bits per heavy atom. The summed E-state index contributed by atoms with van der Waals surface area (Å²) in [5.74, 6) is -1.18. The number of benzene rings is 2. The fraction of sp³-hybridized carbons (Fsp3) is 0.182. The van der Waals surface area contributed by atoms with Gasteiger partial charge in [0.15, 0.2) is 0 Å². The quantitative estimate of drug-likeness (QED) is 0.635. The minimum atomic E-state index is -0.594. The number of aryl methyl sites for hydroxylation is 1. The second-order valence-corrected chi connectivity index (χ2v) is 5.97. The largest absolute Gasteiger partial charge is 0.465 e. The highest BCUT2D eigenvalue weighted by molar-refractivity contribution is 6.08. The zero-order valence-electron chi connectivity index (χ0n) is 15.6. The van der Waals surface area contributed by atoms with Gasteiger partial charge < -0.3 is 14.0 Å². The van der Waals surface area contributed by atoms with E-state index >= 15 is 0 Å². The third-order valence-electron chi connectivity index (χ3n) is 4.49. The smallest absolute Gasteiger partial charge is 0.355 e. The van der Waals surface area contributed by atoms with Crippen LogP contribution in [-0.2, 0) is 15.9 Å². The number of carbonyl (C=O) groups is 2. The van der Waals surface area contributed by atoms with Gasteiger partial charge in [0.1, 0.15) is 11.3 Å². The summed E-state index contributed by atoms with van der Waals surface area (Å²) in [7, 11) is 2.60. The molecular formula is C22H21NO4. The summed E-state index contributed by atoms with van der Waals surface area (Å²) in [4.78, 5) is 25.2. The molecule has 5 heteroatoms. The van der Waals surface area contributed by atoms with E-state index in [1.54, 1.807) is 10.8 Å². The SMILES string of the molecule is CCc1ccccc1-n1cc(-c2ccccc2)c(C(=O)OC)c1C(=O)OC. The lowest BCUT2D eigenvalue weighted by atomic mass is 10.0. The summed E-state index contributed by atoms with van der Waals surface area (Å²) in [6.45, 7) is 2.04. The maximum atomic E-state index is 12.6. The molecule has 1 heterocycles. The van der Waals surface area contributed by atoms with Gasteiger partial charge in [-0.05, 0) is 23.6 Å². The van der Waals surface area contributed by atoms with Crippen LogP contribution in [-0.4, -0.2) is 30.7 Å². The van der Waals surface area contributed by atoms with Crippen molar-refractivity contribution < 1.29 is 19.1 Å². The Balaban J connectivity index is 2.38. The Morgan fingerprint density at radius 2 is 1.52 bits per heavy atom. The Kier molecular flexibility index (Phi) is 5.41. The van der Waals surface area contributed by atoms with Gasteiger partial charge in [-0.1, -0.05) is 55.5 Å². The summed E-state index contributed by atoms with van der Waals surface area (Å²) < 4.78 is 11.7. The van der Waals surface area contributed by atoms with Crippen molar-refractivity contribution in [3.8, 4) is 16.8 Å². The van der Waals surface area contributed by atoms with Crippen LogP contribution in [0.15, 0.2) is 60.8 Å². The second-order valence-electron chi connectivity index (χ2n) is 5.97. The molecule has 2 aromatic carbocycles. The predicted octanol–water partition coefficient (Wildman–Crippen LogP) is 4.28. The first-order valence-electron chi connectivity index (χ1n) is 8.68. The van der Waals surface area contributed by atoms with Gasteiger partial charge in [0.25, 0.3) is 0 Å². The molecule has 0 bridgehead atoms. The molecule has 0 atom stereocenters. The number of ether oxygens (including phenoxy) is 2. The Labute approximate surface area is 158 Å². The molecule has 0 amide bonds. The molecule has 0 aliphatic rings. The number of hydrogen-bond donors (Lipinski definition) is 0. The minimum absolute atomic E-state index is 0.157. The highest BCUT2D eigenvalue weighted by atomic mass is 16.5. The molecule has 27 heavy (non-hydrogen) atoms. The molecule has 1 aromatic heterocycles. The molecule has 0 spiro atoms. The molecule has 0 fully saturated rings. The molecular weight excluding hydrogens is 342 g/mol. The zero-order valence-corrected chi connectivity index (χ0v) is 15.6. The summed E-state index contributed by atoms with van der Waals surface area (Å²) in [6.07, 6.45) is 2.57. The van der Waals surface area contributed by atoms with E-state index in [0.29, 0.717) is 5.56 Å². The first kappa shape index (κ1) is 18.5. The normalized spacial score (nSPS) is 10.5. The Hall–Kier alpha value is -3.34. The molecule has 0 saturated heterocycles. The summed E-state index contributed by atoms with van der Waals surface area (Å²) >= 11 is 0. The van der Waals surface area contributed by atoms with Crippen LogP contribution >= 0.6 is 0 Å². The van der Waals surface area contributed by atoms with Crippen molar-refractivity contribution >= 4 is 11.9 Å². The molecule has 3 aromatic rings. The Bertz CT molecular complexity index is 973. The van der Waals surface area contributed by atoms with E-state index < -0.39 is 11.9 Å². The standard InChI is InChI=1S/C22H21NO4/c1-4-15-10-8-9-13-18(15)23-14-17(16-11-6-5-7-12-16)19(21(24)26-2)20(23)22(25)27-3/h5-14H,4H2,1-3H3. The van der Waals surface area contributed by atoms with E-state index in [1.165, 1.54) is 14.2 Å². The predicted molar refractivity (Wildman–Crippen MR) is 103 cm³/mol. The van der Waals surface area contributed by atoms with E-state index in [4.69, 9.17) is 9.47 Å². The lowest BCUT2D eigenvalue weighted by molar-refractivity contribution is 0.0550. The number of esters is 2. The number of carbonyl (C=O) groups excluding carboxylic acids is 2. The molecule has 3 rings (SSSR count). The van der Waals surface area contributed by atoms with Crippen LogP contribution in [0.1, 0.15) is 33.3 Å². The van der Waals surface area contributed by atoms with Gasteiger partial charge in [0.2, 0.25) is 0 Å². The molecule has 0 radical (unpaired) electrons. The average molecular weight is 363 g/mol. The Morgan fingerprint density at radius 1 is 0.889 bits per heavy atom. The second kappa shape index (κ2) is 7.91. The monoisotopic (exact) mass is 363 g/mol. The topological polar surface area (TPSA) is 57.5 Å². The first-order valence-corrected chi connectivity index (χ1v) is 8.68. The van der Waals surface area contributed by atoms with Gasteiger partial charge in [0.05, 0.1) is 14.2 Å². The van der Waals surface area contributed by atoms with E-state index in [9.17, 15) is 9.59 Å². The molecule has 0 saturated carbocycles. The van der Waals surface area contributed by atoms with Gasteiger partial charge in [-0.2, -0.15) is 0 Å². The van der Waals surface area contributed by atoms with Crippen molar-refractivity contribution in [3.05, 3.63) is 77.6 Å². The summed E-state index contributed by atoms with van der Waals surface area (Å²) in [5.41, 5.74) is 3.66. The number of rotatable bonds is 5. The average Bonchev–Trinajstić information content (AvgIpc) is 3.13. The first-order chi connectivity index (χ1) is 13.1. The zero-order chi connectivity index (χ0) is 19.4. The van der Waals surface area contributed by atoms with Crippen molar-refractivity contribution in [2.45, 2.75) is 13.3 Å². The fourth-order valence-electron chi connectivity index (χ4n) is 3.18. The summed E-state index contributed by atoms with van der Waals surface area (Å²) in [5, 5.41) is 0. The van der Waals surface area contributed by atoms with Crippen LogP contribution in [0.25, 0.3) is 16.8 Å². The van der Waals surface area contributed by atoms with Crippen LogP contribution in [0.3, 0.4) is 0 Å². The fourth-order valence-corrected chi connectivity index (χ4v) is 3.18. The van der Waals surface area contributed by atoms with Crippen molar-refractivity contribution in [2.24, 2.45) is 0 Å². The van der Waals surface area contributed by atoms with Crippen molar-refractivity contribution in [3.63, 3.8) is 0 Å². The highest BCUT2D eigenvalue weighted by Gasteiger charge is 2.29. The van der Waals surface area contributed by atoms with Gasteiger partial charge in [-0.15, -0.1) is 0 Å². The van der Waals surface area contributed by atoms with E-state index in [0.717, 1.165) is 23.2 Å². The van der Waals surface area contributed by atoms with Crippen molar-refractivity contribution in [2.75, 3.05) is 14.2 Å². The maximum absolute atomic E-state index is 12.6. The lowest BCUT2D eigenvalue weighted by Crippen LogP contribution is -2.15. The third kappa shape index (κ3) is 3.36. The number of aromatic nitrogens is 1. The summed E-state index contributed by atoms with van der Waals surface area (Å²) in [6, 6.07) is 17.2. The minimum Gasteiger partial charge on any atom is -0.465 e. The highest BCUT2D eigenvalue weighted by Crippen LogP contribution is 2.32. The molecule has 5 nitrogen and oxygen atoms in total. The molecule has 0 N–H and O–H groups in total. The molecule has 0 aliphatic carbocycles. The van der Waals surface area contributed by atoms with Gasteiger partial charge in [-0.3, -0.25) is 0 Å². The van der Waals surface area contributed by atoms with Gasteiger partial charge in [-0.25, -0.2) is 9.59 Å². The van der Waals surface area contributed by atoms with Crippen LogP contribution in [0.2, 0.25) is 0 Å². The molecule has 0 aliphatic heterocycles. The van der Waals surface area contributed by atoms with E-state index in [1.807, 2.05) is 61.5 Å². The lowest BCUT2D eigenvalue weighted by Gasteiger charge is -2.12. The number of hydrogen-bond acceptors (Lipinski definition) is 4. The van der Waals surface area contributed by atoms with Crippen molar-refractivity contribution in [1.29, 1.82) is 0 Å². The number of para-hydroxylation sites is 1. The molecule has 138 valence electrons. The maximum Gasteiger partial charge on any atom is 0.355 e. The van der Waals surface area contributed by atoms with Gasteiger partial charge in [0, 0.05) is 17.4 Å². The number of nitrogens with zero attached hydrogens (tertiary/aromatic N) is 1. The van der Waals surface area contributed by atoms with Gasteiger partial charge >= 0.3 is 11.9 Å². The van der Waals surface area contributed by atoms with Crippen LogP contribution in [0.5, 0.6) is 0 Å². The van der Waals surface area contributed by atoms with Crippen LogP contribution in [0.4, 0.5) is 0 Å². The third-order valence-corrected chi connectivity index (χ3v) is 4.49. The molecule has 0 unspecified atom stereocenters. The van der Waals surface area contributed by atoms with E-state index in [-0.39, 0.29) is 11.3 Å². The van der Waals surface area contributed by atoms with Crippen molar-refractivity contribution in [1.82, 2.24) is 4.57 Å². The van der Waals surface area contributed by atoms with Crippen LogP contribution < -0.4 is 0 Å². The van der Waals surface area contributed by atoms with Crippen LogP contribution in [0, 0.1) is 0 Å².